The van der Waals surface area contributed by atoms with Crippen molar-refractivity contribution < 1.29 is 9.72 Å². The standard InChI is InChI=1S/C14H13NO3/c16-8-7-14(10-15(17)18)13-6-5-11-3-1-2-4-12(11)9-13/h1-6,8-9,14H,7,10H2/t14-/m0/s1. The minimum Gasteiger partial charge on any atom is -0.303 e. The van der Waals surface area contributed by atoms with Crippen LogP contribution in [0.3, 0.4) is 0 Å². The number of hydrogen-bond acceptors (Lipinski definition) is 3. The molecule has 0 aliphatic rings. The summed E-state index contributed by atoms with van der Waals surface area (Å²) in [6, 6.07) is 13.5. The highest BCUT2D eigenvalue weighted by molar-refractivity contribution is 5.83. The zero-order valence-electron chi connectivity index (χ0n) is 9.78. The van der Waals surface area contributed by atoms with Gasteiger partial charge in [-0.1, -0.05) is 42.5 Å². The Balaban J connectivity index is 2.37. The van der Waals surface area contributed by atoms with Gasteiger partial charge in [-0.05, 0) is 16.3 Å². The lowest BCUT2D eigenvalue weighted by atomic mass is 9.94. The van der Waals surface area contributed by atoms with E-state index in [2.05, 4.69) is 0 Å². The Labute approximate surface area is 104 Å². The molecule has 2 aromatic rings. The number of nitrogens with zero attached hydrogens (tertiary/aromatic N) is 1. The SMILES string of the molecule is O=CC[C@@H](C[N+](=O)[O-])c1ccc2ccccc2c1. The highest BCUT2D eigenvalue weighted by atomic mass is 16.6. The maximum Gasteiger partial charge on any atom is 0.211 e. The van der Waals surface area contributed by atoms with Crippen molar-refractivity contribution in [3.05, 3.63) is 58.1 Å². The number of benzene rings is 2. The zero-order valence-corrected chi connectivity index (χ0v) is 9.78. The predicted octanol–water partition coefficient (Wildman–Crippen LogP) is 2.79. The number of hydrogen-bond donors (Lipinski definition) is 0. The van der Waals surface area contributed by atoms with Crippen LogP contribution in [0.25, 0.3) is 10.8 Å². The largest absolute Gasteiger partial charge is 0.303 e. The molecule has 0 saturated heterocycles. The molecule has 0 aliphatic carbocycles. The highest BCUT2D eigenvalue weighted by Crippen LogP contribution is 2.23. The molecule has 0 bridgehead atoms. The fourth-order valence-corrected chi connectivity index (χ4v) is 2.07. The third-order valence-electron chi connectivity index (χ3n) is 3.00. The van der Waals surface area contributed by atoms with Crippen LogP contribution >= 0.6 is 0 Å². The van der Waals surface area contributed by atoms with Crippen LogP contribution < -0.4 is 0 Å². The molecule has 2 aromatic carbocycles. The highest BCUT2D eigenvalue weighted by Gasteiger charge is 2.17. The van der Waals surface area contributed by atoms with E-state index in [0.717, 1.165) is 22.6 Å². The Bertz CT molecular complexity index is 580. The van der Waals surface area contributed by atoms with E-state index in [0.29, 0.717) is 0 Å². The fourth-order valence-electron chi connectivity index (χ4n) is 2.07. The van der Waals surface area contributed by atoms with Crippen LogP contribution in [-0.4, -0.2) is 17.8 Å². The summed E-state index contributed by atoms with van der Waals surface area (Å²) in [6.45, 7) is -0.211. The van der Waals surface area contributed by atoms with E-state index < -0.39 is 0 Å². The summed E-state index contributed by atoms with van der Waals surface area (Å²) < 4.78 is 0. The third-order valence-corrected chi connectivity index (χ3v) is 3.00. The van der Waals surface area contributed by atoms with Crippen LogP contribution in [0.4, 0.5) is 0 Å². The van der Waals surface area contributed by atoms with Gasteiger partial charge < -0.3 is 4.79 Å². The average molecular weight is 243 g/mol. The summed E-state index contributed by atoms with van der Waals surface area (Å²) in [5.74, 6) is -0.345. The maximum absolute atomic E-state index is 10.6. The van der Waals surface area contributed by atoms with Gasteiger partial charge in [-0.3, -0.25) is 10.1 Å². The van der Waals surface area contributed by atoms with Crippen LogP contribution in [0, 0.1) is 10.1 Å². The molecule has 0 heterocycles. The summed E-state index contributed by atoms with van der Waals surface area (Å²) in [7, 11) is 0. The molecule has 18 heavy (non-hydrogen) atoms. The lowest BCUT2D eigenvalue weighted by molar-refractivity contribution is -0.483. The van der Waals surface area contributed by atoms with E-state index in [4.69, 9.17) is 0 Å². The quantitative estimate of drug-likeness (QED) is 0.461. The second-order valence-electron chi connectivity index (χ2n) is 4.22. The van der Waals surface area contributed by atoms with E-state index >= 15 is 0 Å². The van der Waals surface area contributed by atoms with Crippen molar-refractivity contribution in [3.63, 3.8) is 0 Å². The molecule has 0 saturated carbocycles. The monoisotopic (exact) mass is 243 g/mol. The number of fused-ring (bicyclic) bond motifs is 1. The summed E-state index contributed by atoms with van der Waals surface area (Å²) in [4.78, 5) is 20.9. The van der Waals surface area contributed by atoms with Crippen molar-refractivity contribution in [1.29, 1.82) is 0 Å². The predicted molar refractivity (Wildman–Crippen MR) is 69.2 cm³/mol. The number of carbonyl (C=O) groups excluding carboxylic acids is 1. The lowest BCUT2D eigenvalue weighted by Crippen LogP contribution is -2.13. The van der Waals surface area contributed by atoms with Gasteiger partial charge in [0, 0.05) is 11.3 Å². The molecule has 0 aliphatic heterocycles. The van der Waals surface area contributed by atoms with Crippen LogP contribution in [0.2, 0.25) is 0 Å². The fraction of sp³-hybridized carbons (Fsp3) is 0.214. The van der Waals surface area contributed by atoms with E-state index in [9.17, 15) is 14.9 Å². The molecule has 92 valence electrons. The molecule has 0 aromatic heterocycles. The Kier molecular flexibility index (Phi) is 3.67. The molecule has 0 fully saturated rings. The Morgan fingerprint density at radius 1 is 1.17 bits per heavy atom. The first-order chi connectivity index (χ1) is 8.70. The van der Waals surface area contributed by atoms with Crippen LogP contribution in [0.15, 0.2) is 42.5 Å². The minimum atomic E-state index is -0.372. The van der Waals surface area contributed by atoms with Crippen LogP contribution in [0.5, 0.6) is 0 Å². The van der Waals surface area contributed by atoms with Gasteiger partial charge >= 0.3 is 0 Å². The number of carbonyl (C=O) groups is 1. The van der Waals surface area contributed by atoms with E-state index in [1.165, 1.54) is 0 Å². The topological polar surface area (TPSA) is 60.2 Å². The first kappa shape index (κ1) is 12.2. The number of rotatable bonds is 5. The normalized spacial score (nSPS) is 12.2. The first-order valence-electron chi connectivity index (χ1n) is 5.75. The van der Waals surface area contributed by atoms with E-state index in [1.807, 2.05) is 42.5 Å². The van der Waals surface area contributed by atoms with E-state index in [-0.39, 0.29) is 23.8 Å². The molecule has 4 nitrogen and oxygen atoms in total. The van der Waals surface area contributed by atoms with Crippen molar-refractivity contribution in [1.82, 2.24) is 0 Å². The maximum atomic E-state index is 10.6. The van der Waals surface area contributed by atoms with Crippen molar-refractivity contribution >= 4 is 17.1 Å². The molecule has 0 unspecified atom stereocenters. The van der Waals surface area contributed by atoms with Gasteiger partial charge in [-0.2, -0.15) is 0 Å². The minimum absolute atomic E-state index is 0.180. The van der Waals surface area contributed by atoms with Crippen molar-refractivity contribution in [3.8, 4) is 0 Å². The van der Waals surface area contributed by atoms with Gasteiger partial charge in [-0.25, -0.2) is 0 Å². The average Bonchev–Trinajstić information content (AvgIpc) is 2.37. The number of nitro groups is 1. The van der Waals surface area contributed by atoms with Crippen LogP contribution in [-0.2, 0) is 4.79 Å². The summed E-state index contributed by atoms with van der Waals surface area (Å²) in [5, 5.41) is 12.7. The smallest absolute Gasteiger partial charge is 0.211 e. The third kappa shape index (κ3) is 2.71. The van der Waals surface area contributed by atoms with Gasteiger partial charge in [0.05, 0.1) is 5.92 Å². The van der Waals surface area contributed by atoms with Gasteiger partial charge in [0.15, 0.2) is 0 Å². The Morgan fingerprint density at radius 2 is 1.89 bits per heavy atom. The Hall–Kier alpha value is -2.23. The molecule has 2 rings (SSSR count). The molecule has 0 amide bonds. The van der Waals surface area contributed by atoms with E-state index in [1.54, 1.807) is 0 Å². The molecule has 0 radical (unpaired) electrons. The molecule has 1 atom stereocenters. The Morgan fingerprint density at radius 3 is 2.56 bits per heavy atom. The molecule has 0 N–H and O–H groups in total. The molecular formula is C14H13NO3. The van der Waals surface area contributed by atoms with Gasteiger partial charge in [0.25, 0.3) is 0 Å². The van der Waals surface area contributed by atoms with Crippen molar-refractivity contribution in [2.75, 3.05) is 6.54 Å². The summed E-state index contributed by atoms with van der Waals surface area (Å²) >= 11 is 0. The second kappa shape index (κ2) is 5.40. The van der Waals surface area contributed by atoms with Gasteiger partial charge in [0.1, 0.15) is 6.29 Å². The first-order valence-corrected chi connectivity index (χ1v) is 5.75. The van der Waals surface area contributed by atoms with Crippen molar-refractivity contribution in [2.24, 2.45) is 0 Å². The zero-order chi connectivity index (χ0) is 13.0. The second-order valence-corrected chi connectivity index (χ2v) is 4.22. The molecule has 4 heteroatoms. The molecular weight excluding hydrogens is 230 g/mol. The van der Waals surface area contributed by atoms with Gasteiger partial charge in [0.2, 0.25) is 6.54 Å². The summed E-state index contributed by atoms with van der Waals surface area (Å²) in [5.41, 5.74) is 0.845. The van der Waals surface area contributed by atoms with Gasteiger partial charge in [-0.15, -0.1) is 0 Å². The van der Waals surface area contributed by atoms with Crippen molar-refractivity contribution in [2.45, 2.75) is 12.3 Å². The number of aldehydes is 1. The molecule has 0 spiro atoms. The summed E-state index contributed by atoms with van der Waals surface area (Å²) in [6.07, 6.45) is 0.919. The lowest BCUT2D eigenvalue weighted by Gasteiger charge is -2.11. The van der Waals surface area contributed by atoms with Crippen LogP contribution in [0.1, 0.15) is 17.9 Å².